The Morgan fingerprint density at radius 2 is 1.93 bits per heavy atom. The van der Waals surface area contributed by atoms with Crippen molar-refractivity contribution in [1.29, 1.82) is 0 Å². The van der Waals surface area contributed by atoms with Crippen molar-refractivity contribution in [2.45, 2.75) is 6.92 Å². The molecule has 0 bridgehead atoms. The smallest absolute Gasteiger partial charge is 0.263 e. The molecule has 0 unspecified atom stereocenters. The van der Waals surface area contributed by atoms with Gasteiger partial charge in [0.1, 0.15) is 0 Å². The maximum absolute atomic E-state index is 5.54. The number of nitrogens with one attached hydrogen (secondary N) is 1. The molecule has 0 aromatic carbocycles. The standard InChI is InChI=1S/C6H6Cl2N4OS/c1-2-13-6(14)12-5-10-3(7)9-4(8)11-5/h2H2,1H3,(H,9,10,11,12,14). The molecule has 5 nitrogen and oxygen atoms in total. The molecule has 0 fully saturated rings. The molecule has 0 atom stereocenters. The summed E-state index contributed by atoms with van der Waals surface area (Å²) in [6.45, 7) is 2.26. The zero-order valence-electron chi connectivity index (χ0n) is 7.12. The minimum atomic E-state index is -0.00759. The number of ether oxygens (including phenoxy) is 1. The van der Waals surface area contributed by atoms with Crippen LogP contribution in [0.25, 0.3) is 0 Å². The van der Waals surface area contributed by atoms with Gasteiger partial charge >= 0.3 is 0 Å². The van der Waals surface area contributed by atoms with Crippen LogP contribution in [-0.2, 0) is 4.74 Å². The molecule has 1 aromatic heterocycles. The van der Waals surface area contributed by atoms with E-state index in [1.165, 1.54) is 0 Å². The summed E-state index contributed by atoms with van der Waals surface area (Å²) < 4.78 is 4.96. The Morgan fingerprint density at radius 1 is 1.36 bits per heavy atom. The summed E-state index contributed by atoms with van der Waals surface area (Å²) >= 11 is 15.9. The van der Waals surface area contributed by atoms with Crippen LogP contribution in [0.5, 0.6) is 0 Å². The van der Waals surface area contributed by atoms with Gasteiger partial charge in [-0.25, -0.2) is 0 Å². The van der Waals surface area contributed by atoms with Crippen molar-refractivity contribution in [2.24, 2.45) is 0 Å². The van der Waals surface area contributed by atoms with E-state index in [4.69, 9.17) is 40.2 Å². The van der Waals surface area contributed by atoms with Gasteiger partial charge in [-0.2, -0.15) is 15.0 Å². The molecule has 14 heavy (non-hydrogen) atoms. The van der Waals surface area contributed by atoms with Crippen LogP contribution < -0.4 is 5.32 Å². The van der Waals surface area contributed by atoms with Crippen LogP contribution in [-0.4, -0.2) is 26.7 Å². The summed E-state index contributed by atoms with van der Waals surface area (Å²) in [5.41, 5.74) is 0. The lowest BCUT2D eigenvalue weighted by molar-refractivity contribution is 0.335. The van der Waals surface area contributed by atoms with E-state index in [0.29, 0.717) is 6.61 Å². The van der Waals surface area contributed by atoms with Gasteiger partial charge in [0, 0.05) is 0 Å². The van der Waals surface area contributed by atoms with E-state index in [-0.39, 0.29) is 21.7 Å². The highest BCUT2D eigenvalue weighted by Gasteiger charge is 2.04. The summed E-state index contributed by atoms with van der Waals surface area (Å²) in [7, 11) is 0. The van der Waals surface area contributed by atoms with Gasteiger partial charge in [-0.15, -0.1) is 0 Å². The fourth-order valence-corrected chi connectivity index (χ4v) is 1.21. The molecule has 0 spiro atoms. The van der Waals surface area contributed by atoms with E-state index >= 15 is 0 Å². The monoisotopic (exact) mass is 252 g/mol. The largest absolute Gasteiger partial charge is 0.471 e. The summed E-state index contributed by atoms with van der Waals surface area (Å²) in [6.07, 6.45) is 0. The zero-order valence-corrected chi connectivity index (χ0v) is 9.45. The number of rotatable bonds is 2. The summed E-state index contributed by atoms with van der Waals surface area (Å²) in [6, 6.07) is 0. The average molecular weight is 253 g/mol. The van der Waals surface area contributed by atoms with Crippen LogP contribution in [0, 0.1) is 0 Å². The normalized spacial score (nSPS) is 9.64. The molecular weight excluding hydrogens is 247 g/mol. The van der Waals surface area contributed by atoms with Crippen molar-refractivity contribution in [1.82, 2.24) is 15.0 Å². The Bertz CT molecular complexity index is 328. The van der Waals surface area contributed by atoms with E-state index in [9.17, 15) is 0 Å². The van der Waals surface area contributed by atoms with Crippen molar-refractivity contribution in [3.63, 3.8) is 0 Å². The third-order valence-electron chi connectivity index (χ3n) is 1.07. The lowest BCUT2D eigenvalue weighted by atomic mass is 10.8. The number of thiocarbonyl (C=S) groups is 1. The van der Waals surface area contributed by atoms with Crippen molar-refractivity contribution in [3.8, 4) is 0 Å². The third-order valence-corrected chi connectivity index (χ3v) is 1.63. The summed E-state index contributed by atoms with van der Waals surface area (Å²) in [5.74, 6) is 0.161. The van der Waals surface area contributed by atoms with Gasteiger partial charge in [-0.05, 0) is 42.3 Å². The summed E-state index contributed by atoms with van der Waals surface area (Å²) in [5, 5.41) is 2.75. The average Bonchev–Trinajstić information content (AvgIpc) is 2.01. The first-order valence-corrected chi connectivity index (χ1v) is 4.79. The van der Waals surface area contributed by atoms with Gasteiger partial charge in [-0.1, -0.05) is 0 Å². The molecule has 1 rings (SSSR count). The Balaban J connectivity index is 2.71. The predicted molar refractivity (Wildman–Crippen MR) is 57.7 cm³/mol. The molecular formula is C6H6Cl2N4OS. The SMILES string of the molecule is CCOC(=S)Nc1nc(Cl)nc(Cl)n1. The van der Waals surface area contributed by atoms with E-state index < -0.39 is 0 Å². The van der Waals surface area contributed by atoms with Crippen LogP contribution in [0.3, 0.4) is 0 Å². The number of nitrogens with zero attached hydrogens (tertiary/aromatic N) is 3. The molecule has 8 heteroatoms. The molecule has 1 N–H and O–H groups in total. The molecule has 0 aliphatic heterocycles. The first-order chi connectivity index (χ1) is 6.61. The topological polar surface area (TPSA) is 59.9 Å². The zero-order chi connectivity index (χ0) is 10.6. The van der Waals surface area contributed by atoms with Gasteiger partial charge in [0.2, 0.25) is 16.5 Å². The molecule has 0 amide bonds. The van der Waals surface area contributed by atoms with Crippen LogP contribution in [0.2, 0.25) is 10.6 Å². The van der Waals surface area contributed by atoms with Gasteiger partial charge in [-0.3, -0.25) is 5.32 Å². The molecule has 1 aromatic rings. The summed E-state index contributed by atoms with van der Waals surface area (Å²) in [4.78, 5) is 11.0. The fourth-order valence-electron chi connectivity index (χ4n) is 0.640. The van der Waals surface area contributed by atoms with Gasteiger partial charge in [0.25, 0.3) is 5.17 Å². The highest BCUT2D eigenvalue weighted by atomic mass is 35.5. The van der Waals surface area contributed by atoms with Crippen molar-refractivity contribution < 1.29 is 4.74 Å². The minimum absolute atomic E-state index is 0.00759. The maximum atomic E-state index is 5.54. The molecule has 0 aliphatic rings. The number of halogens is 2. The molecule has 0 radical (unpaired) electrons. The van der Waals surface area contributed by atoms with Gasteiger partial charge < -0.3 is 4.74 Å². The second-order valence-electron chi connectivity index (χ2n) is 2.04. The molecule has 76 valence electrons. The molecule has 0 saturated carbocycles. The quantitative estimate of drug-likeness (QED) is 0.812. The second-order valence-corrected chi connectivity index (χ2v) is 3.09. The van der Waals surface area contributed by atoms with E-state index in [2.05, 4.69) is 20.3 Å². The number of aromatic nitrogens is 3. The van der Waals surface area contributed by atoms with E-state index in [1.807, 2.05) is 0 Å². The lowest BCUT2D eigenvalue weighted by Gasteiger charge is -2.05. The molecule has 0 saturated heterocycles. The van der Waals surface area contributed by atoms with Gasteiger partial charge in [0.15, 0.2) is 0 Å². The maximum Gasteiger partial charge on any atom is 0.263 e. The van der Waals surface area contributed by atoms with Crippen molar-refractivity contribution in [2.75, 3.05) is 11.9 Å². The number of hydrogen-bond donors (Lipinski definition) is 1. The van der Waals surface area contributed by atoms with Crippen LogP contribution in [0.4, 0.5) is 5.95 Å². The molecule has 0 aliphatic carbocycles. The Hall–Kier alpha value is -0.720. The highest BCUT2D eigenvalue weighted by Crippen LogP contribution is 2.09. The first-order valence-electron chi connectivity index (χ1n) is 3.62. The second kappa shape index (κ2) is 5.23. The van der Waals surface area contributed by atoms with Crippen molar-refractivity contribution >= 4 is 46.5 Å². The Morgan fingerprint density at radius 3 is 2.43 bits per heavy atom. The van der Waals surface area contributed by atoms with E-state index in [1.54, 1.807) is 6.92 Å². The fraction of sp³-hybridized carbons (Fsp3) is 0.333. The Kier molecular flexibility index (Phi) is 4.24. The van der Waals surface area contributed by atoms with Crippen molar-refractivity contribution in [3.05, 3.63) is 10.6 Å². The van der Waals surface area contributed by atoms with Crippen LogP contribution >= 0.6 is 35.4 Å². The highest BCUT2D eigenvalue weighted by molar-refractivity contribution is 7.80. The van der Waals surface area contributed by atoms with E-state index in [0.717, 1.165) is 0 Å². The molecule has 1 heterocycles. The minimum Gasteiger partial charge on any atom is -0.471 e. The third kappa shape index (κ3) is 3.57. The number of anilines is 1. The lowest BCUT2D eigenvalue weighted by Crippen LogP contribution is -2.15. The Labute approximate surface area is 95.8 Å². The van der Waals surface area contributed by atoms with Gasteiger partial charge in [0.05, 0.1) is 6.61 Å². The predicted octanol–water partition coefficient (Wildman–Crippen LogP) is 1.91. The van der Waals surface area contributed by atoms with Crippen LogP contribution in [0.15, 0.2) is 0 Å². The van der Waals surface area contributed by atoms with Crippen LogP contribution in [0.1, 0.15) is 6.92 Å². The number of hydrogen-bond acceptors (Lipinski definition) is 5. The first kappa shape index (κ1) is 11.4.